The van der Waals surface area contributed by atoms with Gasteiger partial charge in [-0.3, -0.25) is 19.8 Å². The van der Waals surface area contributed by atoms with Crippen molar-refractivity contribution in [2.45, 2.75) is 19.3 Å². The molecule has 1 atom stereocenters. The van der Waals surface area contributed by atoms with Crippen LogP contribution in [0.5, 0.6) is 5.75 Å². The Balaban J connectivity index is 1.96. The average Bonchev–Trinajstić information content (AvgIpc) is 3.09. The number of benzene rings is 1. The number of nitrogen functional groups attached to an aromatic ring is 1. The van der Waals surface area contributed by atoms with E-state index in [-0.39, 0.29) is 29.5 Å². The van der Waals surface area contributed by atoms with E-state index >= 15 is 0 Å². The Labute approximate surface area is 164 Å². The molecule has 5 N–H and O–H groups in total. The zero-order chi connectivity index (χ0) is 21.6. The number of nitrogens with two attached hydrogens (primary N) is 1. The highest BCUT2D eigenvalue weighted by Crippen LogP contribution is 2.17. The highest BCUT2D eigenvalue weighted by Gasteiger charge is 2.25. The molecule has 0 radical (unpaired) electrons. The molecule has 29 heavy (non-hydrogen) atoms. The molecule has 0 aliphatic rings. The van der Waals surface area contributed by atoms with Gasteiger partial charge in [-0.25, -0.2) is 4.79 Å². The highest BCUT2D eigenvalue weighted by molar-refractivity contribution is 5.95. The fourth-order valence-corrected chi connectivity index (χ4v) is 2.44. The van der Waals surface area contributed by atoms with Crippen molar-refractivity contribution in [3.8, 4) is 5.75 Å². The van der Waals surface area contributed by atoms with Crippen molar-refractivity contribution in [1.29, 1.82) is 5.41 Å². The van der Waals surface area contributed by atoms with E-state index in [1.54, 1.807) is 0 Å². The summed E-state index contributed by atoms with van der Waals surface area (Å²) < 4.78 is 10.4. The standard InChI is InChI=1S/C19H18N2O8/c20-17(21)10-1-3-13(4-2-10)29-19(27)15-6-5-14(28-15)9-12(22)7-11(18(25)26)8-16(23)24/h1-6,11H,7-9H2,(H3,20,21)(H,23,24)(H,25,26)/t11-/m0/s1. The minimum Gasteiger partial charge on any atom is -0.481 e. The van der Waals surface area contributed by atoms with E-state index in [1.165, 1.54) is 36.4 Å². The largest absolute Gasteiger partial charge is 0.481 e. The van der Waals surface area contributed by atoms with E-state index in [0.29, 0.717) is 5.56 Å². The van der Waals surface area contributed by atoms with Crippen LogP contribution in [0.15, 0.2) is 40.8 Å². The molecule has 0 amide bonds. The van der Waals surface area contributed by atoms with Crippen LogP contribution in [-0.4, -0.2) is 39.7 Å². The fourth-order valence-electron chi connectivity index (χ4n) is 2.44. The molecular formula is C19H18N2O8. The third-order valence-electron chi connectivity index (χ3n) is 3.85. The van der Waals surface area contributed by atoms with Crippen molar-refractivity contribution in [2.75, 3.05) is 0 Å². The summed E-state index contributed by atoms with van der Waals surface area (Å²) >= 11 is 0. The number of furan rings is 1. The first-order valence-electron chi connectivity index (χ1n) is 8.37. The highest BCUT2D eigenvalue weighted by atomic mass is 16.5. The lowest BCUT2D eigenvalue weighted by molar-refractivity contribution is -0.149. The summed E-state index contributed by atoms with van der Waals surface area (Å²) in [5.74, 6) is -5.34. The molecule has 2 rings (SSSR count). The van der Waals surface area contributed by atoms with Crippen molar-refractivity contribution in [1.82, 2.24) is 0 Å². The van der Waals surface area contributed by atoms with E-state index in [9.17, 15) is 19.2 Å². The lowest BCUT2D eigenvalue weighted by Gasteiger charge is -2.08. The third kappa shape index (κ3) is 6.31. The van der Waals surface area contributed by atoms with E-state index < -0.39 is 42.5 Å². The first-order valence-corrected chi connectivity index (χ1v) is 8.37. The molecular weight excluding hydrogens is 384 g/mol. The predicted molar refractivity (Wildman–Crippen MR) is 97.8 cm³/mol. The topological polar surface area (TPSA) is 181 Å². The van der Waals surface area contributed by atoms with Gasteiger partial charge in [-0.05, 0) is 36.4 Å². The summed E-state index contributed by atoms with van der Waals surface area (Å²) in [4.78, 5) is 45.8. The summed E-state index contributed by atoms with van der Waals surface area (Å²) in [5.41, 5.74) is 5.80. The van der Waals surface area contributed by atoms with E-state index in [0.717, 1.165) is 0 Å². The maximum Gasteiger partial charge on any atom is 0.379 e. The van der Waals surface area contributed by atoms with Crippen molar-refractivity contribution >= 4 is 29.5 Å². The first kappa shape index (κ1) is 21.4. The molecule has 0 aliphatic heterocycles. The van der Waals surface area contributed by atoms with E-state index in [1.807, 2.05) is 0 Å². The normalized spacial score (nSPS) is 11.4. The lowest BCUT2D eigenvalue weighted by Crippen LogP contribution is -2.22. The molecule has 0 aliphatic carbocycles. The van der Waals surface area contributed by atoms with Crippen molar-refractivity contribution in [3.05, 3.63) is 53.5 Å². The van der Waals surface area contributed by atoms with Gasteiger partial charge in [0.1, 0.15) is 23.1 Å². The second-order valence-corrected chi connectivity index (χ2v) is 6.15. The molecule has 10 heteroatoms. The van der Waals surface area contributed by atoms with Gasteiger partial charge in [0.2, 0.25) is 5.76 Å². The summed E-state index contributed by atoms with van der Waals surface area (Å²) in [6.45, 7) is 0. The maximum atomic E-state index is 12.1. The number of aliphatic carboxylic acids is 2. The number of ether oxygens (including phenoxy) is 1. The number of hydrogen-bond donors (Lipinski definition) is 4. The Hall–Kier alpha value is -3.95. The number of rotatable bonds is 10. The Bertz CT molecular complexity index is 945. The second kappa shape index (κ2) is 9.31. The molecule has 2 aromatic rings. The van der Waals surface area contributed by atoms with Gasteiger partial charge in [0.15, 0.2) is 0 Å². The smallest absolute Gasteiger partial charge is 0.379 e. The van der Waals surface area contributed by atoms with Gasteiger partial charge in [-0.2, -0.15) is 0 Å². The number of carboxylic acid groups (broad SMARTS) is 2. The van der Waals surface area contributed by atoms with Crippen LogP contribution in [0, 0.1) is 11.3 Å². The number of amidine groups is 1. The number of carboxylic acids is 2. The number of Topliss-reactive ketones (excluding diaryl/α,β-unsaturated/α-hetero) is 1. The fraction of sp³-hybridized carbons (Fsp3) is 0.211. The number of nitrogens with one attached hydrogen (secondary N) is 1. The molecule has 0 spiro atoms. The summed E-state index contributed by atoms with van der Waals surface area (Å²) in [6, 6.07) is 8.61. The summed E-state index contributed by atoms with van der Waals surface area (Å²) in [6.07, 6.45) is -1.42. The molecule has 10 nitrogen and oxygen atoms in total. The molecule has 1 aromatic carbocycles. The van der Waals surface area contributed by atoms with Gasteiger partial charge in [0, 0.05) is 12.0 Å². The molecule has 0 fully saturated rings. The number of carbonyl (C=O) groups excluding carboxylic acids is 2. The van der Waals surface area contributed by atoms with Crippen LogP contribution >= 0.6 is 0 Å². The van der Waals surface area contributed by atoms with Crippen LogP contribution < -0.4 is 10.5 Å². The van der Waals surface area contributed by atoms with Gasteiger partial charge >= 0.3 is 17.9 Å². The Morgan fingerprint density at radius 2 is 1.69 bits per heavy atom. The number of esters is 1. The monoisotopic (exact) mass is 402 g/mol. The van der Waals surface area contributed by atoms with Gasteiger partial charge in [-0.1, -0.05) is 0 Å². The van der Waals surface area contributed by atoms with Gasteiger partial charge in [0.05, 0.1) is 18.8 Å². The quantitative estimate of drug-likeness (QED) is 0.198. The van der Waals surface area contributed by atoms with Crippen molar-refractivity contribution < 1.29 is 38.5 Å². The van der Waals surface area contributed by atoms with Crippen LogP contribution in [0.2, 0.25) is 0 Å². The SMILES string of the molecule is N=C(N)c1ccc(OC(=O)c2ccc(CC(=O)C[C@@H](CC(=O)O)C(=O)O)o2)cc1. The molecule has 0 unspecified atom stereocenters. The minimum absolute atomic E-state index is 0.119. The van der Waals surface area contributed by atoms with Crippen LogP contribution in [0.1, 0.15) is 34.7 Å². The Kier molecular flexibility index (Phi) is 6.85. The molecule has 1 aromatic heterocycles. The number of hydrogen-bond acceptors (Lipinski definition) is 7. The van der Waals surface area contributed by atoms with Crippen molar-refractivity contribution in [2.24, 2.45) is 11.7 Å². The molecule has 152 valence electrons. The zero-order valence-electron chi connectivity index (χ0n) is 15.1. The molecule has 0 saturated heterocycles. The first-order chi connectivity index (χ1) is 13.7. The van der Waals surface area contributed by atoms with Crippen LogP contribution in [0.25, 0.3) is 0 Å². The van der Waals surface area contributed by atoms with Crippen LogP contribution in [0.3, 0.4) is 0 Å². The predicted octanol–water partition coefficient (Wildman–Crippen LogP) is 1.46. The lowest BCUT2D eigenvalue weighted by atomic mass is 9.97. The second-order valence-electron chi connectivity index (χ2n) is 6.15. The minimum atomic E-state index is -1.37. The summed E-state index contributed by atoms with van der Waals surface area (Å²) in [7, 11) is 0. The van der Waals surface area contributed by atoms with Gasteiger partial charge in [-0.15, -0.1) is 0 Å². The Morgan fingerprint density at radius 1 is 1.03 bits per heavy atom. The molecule has 0 bridgehead atoms. The number of ketones is 1. The van der Waals surface area contributed by atoms with E-state index in [2.05, 4.69) is 0 Å². The summed E-state index contributed by atoms with van der Waals surface area (Å²) in [5, 5.41) is 25.0. The molecule has 0 saturated carbocycles. The van der Waals surface area contributed by atoms with Crippen LogP contribution in [-0.2, 0) is 20.8 Å². The maximum absolute atomic E-state index is 12.1. The average molecular weight is 402 g/mol. The van der Waals surface area contributed by atoms with Crippen LogP contribution in [0.4, 0.5) is 0 Å². The molecule has 1 heterocycles. The van der Waals surface area contributed by atoms with Crippen molar-refractivity contribution in [3.63, 3.8) is 0 Å². The zero-order valence-corrected chi connectivity index (χ0v) is 15.1. The Morgan fingerprint density at radius 3 is 2.24 bits per heavy atom. The van der Waals surface area contributed by atoms with E-state index in [4.69, 9.17) is 30.5 Å². The number of carbonyl (C=O) groups is 4. The third-order valence-corrected chi connectivity index (χ3v) is 3.85. The van der Waals surface area contributed by atoms with Gasteiger partial charge < -0.3 is 25.1 Å². The van der Waals surface area contributed by atoms with Gasteiger partial charge in [0.25, 0.3) is 0 Å².